The van der Waals surface area contributed by atoms with E-state index in [0.717, 1.165) is 40.8 Å². The van der Waals surface area contributed by atoms with Gasteiger partial charge in [-0.15, -0.1) is 0 Å². The van der Waals surface area contributed by atoms with Crippen molar-refractivity contribution in [1.29, 1.82) is 0 Å². The summed E-state index contributed by atoms with van der Waals surface area (Å²) < 4.78 is 45.5. The highest BCUT2D eigenvalue weighted by Gasteiger charge is 2.56. The first kappa shape index (κ1) is 28.7. The number of aromatic amines is 1. The number of hydrogen-bond donors (Lipinski definition) is 2. The second-order valence-corrected chi connectivity index (χ2v) is 12.2. The number of aryl methyl sites for hydroxylation is 1. The van der Waals surface area contributed by atoms with Gasteiger partial charge >= 0.3 is 11.0 Å². The molecule has 2 aliphatic rings. The number of thioether (sulfide) groups is 1. The number of rotatable bonds is 6. The molecule has 3 amide bonds. The minimum absolute atomic E-state index is 0.225. The van der Waals surface area contributed by atoms with Crippen molar-refractivity contribution in [1.82, 2.24) is 4.98 Å². The number of imide groups is 1. The third-order valence-electron chi connectivity index (χ3n) is 7.21. The molecule has 220 valence electrons. The predicted octanol–water partition coefficient (Wildman–Crippen LogP) is 5.58. The van der Waals surface area contributed by atoms with Gasteiger partial charge in [0.25, 0.3) is 5.91 Å². The summed E-state index contributed by atoms with van der Waals surface area (Å²) in [4.78, 5) is 56.5. The van der Waals surface area contributed by atoms with Gasteiger partial charge < -0.3 is 15.0 Å². The first-order valence-corrected chi connectivity index (χ1v) is 14.7. The molecule has 3 atom stereocenters. The van der Waals surface area contributed by atoms with E-state index in [0.29, 0.717) is 21.2 Å². The van der Waals surface area contributed by atoms with Gasteiger partial charge in [0.15, 0.2) is 6.61 Å². The maximum atomic E-state index is 13.9. The molecule has 2 aliphatic heterocycles. The molecule has 1 saturated heterocycles. The number of benzene rings is 3. The standard InChI is InChI=1S/C30H22F3N3O5S2/c1-15-9-11-17(12-10-15)36-27(38)23-22(24-26(35-29(40)43-24)42-25(23)28(36)39)16-5-4-6-18(13-16)41-14-21(37)34-20-8-3-2-7-19(20)30(31,32)33/h2-13,22-23,25H,14H2,1H3,(H,34,37)(H,35,40)/t22-,23-,25+/m0/s1. The summed E-state index contributed by atoms with van der Waals surface area (Å²) in [6, 6.07) is 18.2. The van der Waals surface area contributed by atoms with Crippen LogP contribution < -0.4 is 19.8 Å². The van der Waals surface area contributed by atoms with E-state index in [2.05, 4.69) is 10.3 Å². The Balaban J connectivity index is 1.27. The van der Waals surface area contributed by atoms with E-state index in [4.69, 9.17) is 4.74 Å². The fraction of sp³-hybridized carbons (Fsp3) is 0.200. The lowest BCUT2D eigenvalue weighted by Crippen LogP contribution is -2.32. The second-order valence-electron chi connectivity index (χ2n) is 10.0. The van der Waals surface area contributed by atoms with Crippen molar-refractivity contribution in [2.45, 2.75) is 29.3 Å². The minimum Gasteiger partial charge on any atom is -0.484 e. The van der Waals surface area contributed by atoms with Crippen molar-refractivity contribution in [3.8, 4) is 5.75 Å². The maximum absolute atomic E-state index is 13.9. The third kappa shape index (κ3) is 5.45. The molecular weight excluding hydrogens is 603 g/mol. The van der Waals surface area contributed by atoms with Crippen LogP contribution in [0.3, 0.4) is 0 Å². The highest BCUT2D eigenvalue weighted by atomic mass is 32.2. The zero-order valence-corrected chi connectivity index (χ0v) is 23.9. The quantitative estimate of drug-likeness (QED) is 0.271. The Morgan fingerprint density at radius 1 is 1.00 bits per heavy atom. The van der Waals surface area contributed by atoms with Crippen LogP contribution in [0.25, 0.3) is 0 Å². The van der Waals surface area contributed by atoms with Crippen LogP contribution in [0.4, 0.5) is 24.5 Å². The molecule has 2 N–H and O–H groups in total. The van der Waals surface area contributed by atoms with Crippen LogP contribution in [0.2, 0.25) is 0 Å². The summed E-state index contributed by atoms with van der Waals surface area (Å²) in [5.41, 5.74) is 0.648. The van der Waals surface area contributed by atoms with Crippen LogP contribution in [-0.2, 0) is 20.6 Å². The number of alkyl halides is 3. The fourth-order valence-corrected chi connectivity index (χ4v) is 7.81. The lowest BCUT2D eigenvalue weighted by atomic mass is 9.83. The van der Waals surface area contributed by atoms with E-state index in [9.17, 15) is 32.3 Å². The first-order valence-electron chi connectivity index (χ1n) is 13.0. The van der Waals surface area contributed by atoms with Gasteiger partial charge in [-0.2, -0.15) is 13.2 Å². The molecule has 0 unspecified atom stereocenters. The Bertz CT molecular complexity index is 1800. The van der Waals surface area contributed by atoms with Gasteiger partial charge in [0, 0.05) is 10.8 Å². The van der Waals surface area contributed by atoms with Crippen LogP contribution >= 0.6 is 23.1 Å². The summed E-state index contributed by atoms with van der Waals surface area (Å²) in [7, 11) is 0. The molecule has 8 nitrogen and oxygen atoms in total. The van der Waals surface area contributed by atoms with E-state index >= 15 is 0 Å². The number of aromatic nitrogens is 1. The van der Waals surface area contributed by atoms with Gasteiger partial charge in [-0.3, -0.25) is 19.2 Å². The Kier molecular flexibility index (Phi) is 7.38. The van der Waals surface area contributed by atoms with Crippen molar-refractivity contribution in [3.63, 3.8) is 0 Å². The van der Waals surface area contributed by atoms with E-state index in [1.807, 2.05) is 19.1 Å². The fourth-order valence-electron chi connectivity index (χ4n) is 5.30. The Labute approximate surface area is 250 Å². The number of anilines is 2. The first-order chi connectivity index (χ1) is 20.5. The summed E-state index contributed by atoms with van der Waals surface area (Å²) in [5, 5.41) is 1.97. The van der Waals surface area contributed by atoms with Crippen molar-refractivity contribution >= 4 is 52.2 Å². The van der Waals surface area contributed by atoms with Gasteiger partial charge in [-0.25, -0.2) is 4.90 Å². The van der Waals surface area contributed by atoms with E-state index in [1.165, 1.54) is 17.0 Å². The number of ether oxygens (including phenoxy) is 1. The number of H-pyrrole nitrogens is 1. The Hall–Kier alpha value is -4.36. The average molecular weight is 626 g/mol. The molecule has 0 saturated carbocycles. The van der Waals surface area contributed by atoms with Crippen LogP contribution in [0.5, 0.6) is 5.75 Å². The van der Waals surface area contributed by atoms with E-state index < -0.39 is 47.2 Å². The van der Waals surface area contributed by atoms with Crippen LogP contribution in [0, 0.1) is 12.8 Å². The van der Waals surface area contributed by atoms with Crippen LogP contribution in [-0.4, -0.2) is 34.6 Å². The smallest absolute Gasteiger partial charge is 0.418 e. The van der Waals surface area contributed by atoms with Crippen molar-refractivity contribution in [3.05, 3.63) is 104 Å². The summed E-state index contributed by atoms with van der Waals surface area (Å²) in [6.07, 6.45) is -4.65. The lowest BCUT2D eigenvalue weighted by molar-refractivity contribution is -0.137. The van der Waals surface area contributed by atoms with Gasteiger partial charge in [0.1, 0.15) is 11.0 Å². The normalized spacial score (nSPS) is 19.6. The molecule has 6 rings (SSSR count). The average Bonchev–Trinajstić information content (AvgIpc) is 3.46. The number of nitrogens with zero attached hydrogens (tertiary/aromatic N) is 1. The van der Waals surface area contributed by atoms with Crippen molar-refractivity contribution in [2.24, 2.45) is 5.92 Å². The summed E-state index contributed by atoms with van der Waals surface area (Å²) in [6.45, 7) is 1.32. The number of carbonyl (C=O) groups excluding carboxylic acids is 3. The summed E-state index contributed by atoms with van der Waals surface area (Å²) >= 11 is 2.12. The largest absolute Gasteiger partial charge is 0.484 e. The number of halogens is 3. The minimum atomic E-state index is -4.65. The number of nitrogens with one attached hydrogen (secondary N) is 2. The molecule has 0 radical (unpaired) electrons. The van der Waals surface area contributed by atoms with Crippen LogP contribution in [0.1, 0.15) is 27.5 Å². The zero-order valence-electron chi connectivity index (χ0n) is 22.3. The number of carbonyl (C=O) groups is 3. The van der Waals surface area contributed by atoms with Crippen molar-refractivity contribution in [2.75, 3.05) is 16.8 Å². The monoisotopic (exact) mass is 625 g/mol. The van der Waals surface area contributed by atoms with Crippen LogP contribution in [0.15, 0.2) is 82.6 Å². The lowest BCUT2D eigenvalue weighted by Gasteiger charge is -2.30. The Morgan fingerprint density at radius 3 is 2.49 bits per heavy atom. The summed E-state index contributed by atoms with van der Waals surface area (Å²) in [5.74, 6) is -2.81. The molecule has 1 aromatic heterocycles. The number of thiazole rings is 1. The number of fused-ring (bicyclic) bond motifs is 2. The van der Waals surface area contributed by atoms with E-state index in [-0.39, 0.29) is 22.2 Å². The molecule has 3 heterocycles. The highest BCUT2D eigenvalue weighted by molar-refractivity contribution is 8.00. The molecule has 1 fully saturated rings. The predicted molar refractivity (Wildman–Crippen MR) is 156 cm³/mol. The van der Waals surface area contributed by atoms with Gasteiger partial charge in [0.2, 0.25) is 11.8 Å². The molecule has 3 aromatic carbocycles. The Morgan fingerprint density at radius 2 is 1.74 bits per heavy atom. The molecule has 0 spiro atoms. The highest BCUT2D eigenvalue weighted by Crippen LogP contribution is 2.53. The molecule has 13 heteroatoms. The number of para-hydroxylation sites is 1. The van der Waals surface area contributed by atoms with E-state index in [1.54, 1.807) is 36.4 Å². The zero-order chi connectivity index (χ0) is 30.5. The van der Waals surface area contributed by atoms with Gasteiger partial charge in [0.05, 0.1) is 27.9 Å². The number of amides is 3. The topological polar surface area (TPSA) is 109 Å². The molecule has 0 aliphatic carbocycles. The number of hydrogen-bond acceptors (Lipinski definition) is 7. The van der Waals surface area contributed by atoms with Crippen molar-refractivity contribution < 1.29 is 32.3 Å². The second kappa shape index (κ2) is 11.0. The molecule has 0 bridgehead atoms. The molecule has 4 aromatic rings. The van der Waals surface area contributed by atoms with Gasteiger partial charge in [-0.1, -0.05) is 65.1 Å². The molecular formula is C30H22F3N3O5S2. The SMILES string of the molecule is Cc1ccc(N2C(=O)[C@H]3[C@H](c4cccc(OCC(=O)Nc5ccccc5C(F)(F)F)c4)c4sc(=O)[nH]c4S[C@H]3C2=O)cc1. The maximum Gasteiger partial charge on any atom is 0.418 e. The van der Waals surface area contributed by atoms with Gasteiger partial charge in [-0.05, 0) is 48.9 Å². The third-order valence-corrected chi connectivity index (χ3v) is 9.61. The molecule has 43 heavy (non-hydrogen) atoms.